The van der Waals surface area contributed by atoms with Crippen molar-refractivity contribution in [3.05, 3.63) is 0 Å². The molecule has 1 unspecified atom stereocenters. The van der Waals surface area contributed by atoms with Crippen molar-refractivity contribution >= 4 is 0 Å². The van der Waals surface area contributed by atoms with Gasteiger partial charge in [0.2, 0.25) is 0 Å². The number of ether oxygens (including phenoxy) is 1. The lowest BCUT2D eigenvalue weighted by atomic mass is 10.0. The van der Waals surface area contributed by atoms with Gasteiger partial charge in [0.1, 0.15) is 0 Å². The van der Waals surface area contributed by atoms with Crippen molar-refractivity contribution in [3.8, 4) is 0 Å². The fraction of sp³-hybridized carbons (Fsp3) is 1.00. The molecular formula is C11H24N2O. The molecule has 0 spiro atoms. The Balaban J connectivity index is 2.41. The first kappa shape index (κ1) is 12.0. The molecule has 3 nitrogen and oxygen atoms in total. The van der Waals surface area contributed by atoms with Crippen LogP contribution in [-0.2, 0) is 4.74 Å². The second-order valence-corrected chi connectivity index (χ2v) is 4.12. The summed E-state index contributed by atoms with van der Waals surface area (Å²) >= 11 is 0. The zero-order valence-electron chi connectivity index (χ0n) is 9.75. The van der Waals surface area contributed by atoms with Gasteiger partial charge in [0.25, 0.3) is 0 Å². The van der Waals surface area contributed by atoms with Gasteiger partial charge in [-0.1, -0.05) is 6.92 Å². The van der Waals surface area contributed by atoms with Gasteiger partial charge in [0.15, 0.2) is 0 Å². The predicted octanol–water partition coefficient (Wildman–Crippen LogP) is 1.10. The molecular weight excluding hydrogens is 176 g/mol. The second kappa shape index (κ2) is 6.38. The molecule has 0 radical (unpaired) electrons. The zero-order chi connectivity index (χ0) is 10.4. The number of rotatable bonds is 5. The SMILES string of the molecule is CCN(C(C)COC)C1CCNCC1. The van der Waals surface area contributed by atoms with Gasteiger partial charge in [-0.3, -0.25) is 4.90 Å². The van der Waals surface area contributed by atoms with Crippen LogP contribution in [0.15, 0.2) is 0 Å². The molecule has 0 aromatic rings. The standard InChI is InChI=1S/C11H24N2O/c1-4-13(10(2)9-14-3)11-5-7-12-8-6-11/h10-12H,4-9H2,1-3H3. The van der Waals surface area contributed by atoms with Gasteiger partial charge in [-0.25, -0.2) is 0 Å². The van der Waals surface area contributed by atoms with E-state index in [0.717, 1.165) is 19.2 Å². The Morgan fingerprint density at radius 2 is 2.07 bits per heavy atom. The molecule has 0 bridgehead atoms. The van der Waals surface area contributed by atoms with Crippen molar-refractivity contribution < 1.29 is 4.74 Å². The topological polar surface area (TPSA) is 24.5 Å². The third-order valence-electron chi connectivity index (χ3n) is 3.12. The highest BCUT2D eigenvalue weighted by Gasteiger charge is 2.23. The van der Waals surface area contributed by atoms with E-state index in [1.807, 2.05) is 0 Å². The highest BCUT2D eigenvalue weighted by atomic mass is 16.5. The van der Waals surface area contributed by atoms with Crippen LogP contribution in [0.25, 0.3) is 0 Å². The minimum absolute atomic E-state index is 0.549. The monoisotopic (exact) mass is 200 g/mol. The van der Waals surface area contributed by atoms with Crippen molar-refractivity contribution in [1.82, 2.24) is 10.2 Å². The summed E-state index contributed by atoms with van der Waals surface area (Å²) in [4.78, 5) is 2.57. The van der Waals surface area contributed by atoms with Crippen molar-refractivity contribution in [1.29, 1.82) is 0 Å². The van der Waals surface area contributed by atoms with Crippen LogP contribution in [0, 0.1) is 0 Å². The number of hydrogen-bond donors (Lipinski definition) is 1. The van der Waals surface area contributed by atoms with Crippen LogP contribution in [0.5, 0.6) is 0 Å². The average Bonchev–Trinajstić information content (AvgIpc) is 2.21. The molecule has 0 aromatic heterocycles. The van der Waals surface area contributed by atoms with Crippen LogP contribution in [0.2, 0.25) is 0 Å². The lowest BCUT2D eigenvalue weighted by Crippen LogP contribution is -2.48. The molecule has 0 aliphatic carbocycles. The fourth-order valence-electron chi connectivity index (χ4n) is 2.41. The summed E-state index contributed by atoms with van der Waals surface area (Å²) < 4.78 is 5.22. The van der Waals surface area contributed by atoms with Gasteiger partial charge in [-0.2, -0.15) is 0 Å². The number of nitrogens with zero attached hydrogens (tertiary/aromatic N) is 1. The fourth-order valence-corrected chi connectivity index (χ4v) is 2.41. The summed E-state index contributed by atoms with van der Waals surface area (Å²) in [6.07, 6.45) is 2.56. The van der Waals surface area contributed by atoms with Crippen LogP contribution in [0.3, 0.4) is 0 Å². The quantitative estimate of drug-likeness (QED) is 0.719. The molecule has 1 saturated heterocycles. The van der Waals surface area contributed by atoms with Crippen molar-refractivity contribution in [2.75, 3.05) is 33.4 Å². The van der Waals surface area contributed by atoms with E-state index >= 15 is 0 Å². The molecule has 0 amide bonds. The van der Waals surface area contributed by atoms with Gasteiger partial charge in [-0.05, 0) is 39.4 Å². The van der Waals surface area contributed by atoms with Gasteiger partial charge in [-0.15, -0.1) is 0 Å². The van der Waals surface area contributed by atoms with E-state index in [4.69, 9.17) is 4.74 Å². The molecule has 0 saturated carbocycles. The maximum absolute atomic E-state index is 5.22. The van der Waals surface area contributed by atoms with E-state index in [9.17, 15) is 0 Å². The first-order chi connectivity index (χ1) is 6.79. The van der Waals surface area contributed by atoms with Gasteiger partial charge in [0.05, 0.1) is 6.61 Å². The van der Waals surface area contributed by atoms with E-state index in [1.165, 1.54) is 25.9 Å². The van der Waals surface area contributed by atoms with E-state index < -0.39 is 0 Å². The Kier molecular flexibility index (Phi) is 5.45. The molecule has 1 aliphatic rings. The number of hydrogen-bond acceptors (Lipinski definition) is 3. The maximum atomic E-state index is 5.22. The first-order valence-corrected chi connectivity index (χ1v) is 5.75. The highest BCUT2D eigenvalue weighted by molar-refractivity contribution is 4.80. The first-order valence-electron chi connectivity index (χ1n) is 5.75. The van der Waals surface area contributed by atoms with Crippen molar-refractivity contribution in [3.63, 3.8) is 0 Å². The maximum Gasteiger partial charge on any atom is 0.0615 e. The van der Waals surface area contributed by atoms with Crippen molar-refractivity contribution in [2.45, 2.75) is 38.8 Å². The summed E-state index contributed by atoms with van der Waals surface area (Å²) in [7, 11) is 1.78. The third kappa shape index (κ3) is 3.23. The van der Waals surface area contributed by atoms with E-state index in [-0.39, 0.29) is 0 Å². The molecule has 1 fully saturated rings. The lowest BCUT2D eigenvalue weighted by Gasteiger charge is -2.37. The minimum Gasteiger partial charge on any atom is -0.383 e. The lowest BCUT2D eigenvalue weighted by molar-refractivity contribution is 0.0619. The highest BCUT2D eigenvalue weighted by Crippen LogP contribution is 2.14. The Bertz CT molecular complexity index is 146. The third-order valence-corrected chi connectivity index (χ3v) is 3.12. The molecule has 1 aliphatic heterocycles. The molecule has 1 heterocycles. The molecule has 1 atom stereocenters. The van der Waals surface area contributed by atoms with Gasteiger partial charge in [0, 0.05) is 19.2 Å². The smallest absolute Gasteiger partial charge is 0.0615 e. The largest absolute Gasteiger partial charge is 0.383 e. The van der Waals surface area contributed by atoms with Crippen LogP contribution in [0.4, 0.5) is 0 Å². The van der Waals surface area contributed by atoms with Crippen LogP contribution < -0.4 is 5.32 Å². The summed E-state index contributed by atoms with van der Waals surface area (Å²) in [6.45, 7) is 8.82. The van der Waals surface area contributed by atoms with Crippen molar-refractivity contribution in [2.24, 2.45) is 0 Å². The van der Waals surface area contributed by atoms with Gasteiger partial charge >= 0.3 is 0 Å². The molecule has 0 aromatic carbocycles. The average molecular weight is 200 g/mol. The van der Waals surface area contributed by atoms with Crippen LogP contribution in [-0.4, -0.2) is 50.3 Å². The molecule has 14 heavy (non-hydrogen) atoms. The van der Waals surface area contributed by atoms with E-state index in [0.29, 0.717) is 6.04 Å². The predicted molar refractivity (Wildman–Crippen MR) is 59.6 cm³/mol. The minimum atomic E-state index is 0.549. The summed E-state index contributed by atoms with van der Waals surface area (Å²) in [5.74, 6) is 0. The Morgan fingerprint density at radius 3 is 2.57 bits per heavy atom. The molecule has 84 valence electrons. The number of likely N-dealkylation sites (N-methyl/N-ethyl adjacent to an activating group) is 1. The van der Waals surface area contributed by atoms with E-state index in [2.05, 4.69) is 24.1 Å². The molecule has 1 rings (SSSR count). The second-order valence-electron chi connectivity index (χ2n) is 4.12. The number of nitrogens with one attached hydrogen (secondary N) is 1. The van der Waals surface area contributed by atoms with Crippen LogP contribution >= 0.6 is 0 Å². The zero-order valence-corrected chi connectivity index (χ0v) is 9.75. The van der Waals surface area contributed by atoms with E-state index in [1.54, 1.807) is 7.11 Å². The molecule has 1 N–H and O–H groups in total. The Labute approximate surface area is 87.8 Å². The summed E-state index contributed by atoms with van der Waals surface area (Å²) in [6, 6.07) is 1.31. The Morgan fingerprint density at radius 1 is 1.43 bits per heavy atom. The number of piperidine rings is 1. The van der Waals surface area contributed by atoms with Crippen LogP contribution in [0.1, 0.15) is 26.7 Å². The van der Waals surface area contributed by atoms with Gasteiger partial charge < -0.3 is 10.1 Å². The normalized spacial score (nSPS) is 21.4. The number of methoxy groups -OCH3 is 1. The molecule has 3 heteroatoms. The Hall–Kier alpha value is -0.120. The summed E-state index contributed by atoms with van der Waals surface area (Å²) in [5.41, 5.74) is 0. The summed E-state index contributed by atoms with van der Waals surface area (Å²) in [5, 5.41) is 3.41.